The van der Waals surface area contributed by atoms with Gasteiger partial charge in [-0.15, -0.1) is 0 Å². The van der Waals surface area contributed by atoms with Gasteiger partial charge in [0, 0.05) is 18.8 Å². The summed E-state index contributed by atoms with van der Waals surface area (Å²) in [6.07, 6.45) is 0. The van der Waals surface area contributed by atoms with Gasteiger partial charge in [0.25, 0.3) is 0 Å². The molecule has 5 nitrogen and oxygen atoms in total. The van der Waals surface area contributed by atoms with Crippen LogP contribution in [0, 0.1) is 13.8 Å². The van der Waals surface area contributed by atoms with Gasteiger partial charge in [-0.05, 0) is 37.1 Å². The van der Waals surface area contributed by atoms with E-state index >= 15 is 0 Å². The Morgan fingerprint density at radius 3 is 2.22 bits per heavy atom. The lowest BCUT2D eigenvalue weighted by molar-refractivity contribution is 0.449. The molecule has 3 N–H and O–H groups in total. The van der Waals surface area contributed by atoms with Crippen LogP contribution in [0.4, 0.5) is 11.4 Å². The minimum absolute atomic E-state index is 0.443. The molecule has 0 aliphatic rings. The standard InChI is InChI=1S/C12H21N3O2S/c1-5-15(6-2)18(16,17)14-12-8-9(3)11(13)7-10(12)4/h7-8,14H,5-6,13H2,1-4H3. The molecule has 1 aromatic rings. The first kappa shape index (κ1) is 14.8. The molecule has 6 heteroatoms. The number of nitrogen functional groups attached to an aromatic ring is 1. The van der Waals surface area contributed by atoms with Crippen LogP contribution in [0.5, 0.6) is 0 Å². The number of aryl methyl sites for hydroxylation is 2. The van der Waals surface area contributed by atoms with Crippen LogP contribution in [0.3, 0.4) is 0 Å². The van der Waals surface area contributed by atoms with Gasteiger partial charge in [-0.1, -0.05) is 13.8 Å². The lowest BCUT2D eigenvalue weighted by atomic mass is 10.1. The molecule has 1 rings (SSSR count). The molecule has 0 bridgehead atoms. The van der Waals surface area contributed by atoms with Gasteiger partial charge in [-0.2, -0.15) is 12.7 Å². The molecule has 0 amide bonds. The van der Waals surface area contributed by atoms with Crippen LogP contribution in [0.2, 0.25) is 0 Å². The molecule has 18 heavy (non-hydrogen) atoms. The number of benzene rings is 1. The van der Waals surface area contributed by atoms with Gasteiger partial charge in [0.05, 0.1) is 5.69 Å². The van der Waals surface area contributed by atoms with E-state index in [2.05, 4.69) is 4.72 Å². The van der Waals surface area contributed by atoms with Crippen LogP contribution in [0.1, 0.15) is 25.0 Å². The van der Waals surface area contributed by atoms with Crippen molar-refractivity contribution in [3.05, 3.63) is 23.3 Å². The molecule has 0 saturated heterocycles. The molecule has 0 aliphatic heterocycles. The van der Waals surface area contributed by atoms with E-state index in [0.717, 1.165) is 11.1 Å². The summed E-state index contributed by atoms with van der Waals surface area (Å²) in [5, 5.41) is 0. The lowest BCUT2D eigenvalue weighted by Gasteiger charge is -2.20. The molecule has 0 radical (unpaired) electrons. The zero-order chi connectivity index (χ0) is 13.9. The summed E-state index contributed by atoms with van der Waals surface area (Å²) in [4.78, 5) is 0. The maximum absolute atomic E-state index is 12.1. The first-order valence-corrected chi connectivity index (χ1v) is 7.40. The van der Waals surface area contributed by atoms with Gasteiger partial charge >= 0.3 is 10.2 Å². The predicted molar refractivity (Wildman–Crippen MR) is 75.8 cm³/mol. The highest BCUT2D eigenvalue weighted by Crippen LogP contribution is 2.23. The number of nitrogens with one attached hydrogen (secondary N) is 1. The third-order valence-electron chi connectivity index (χ3n) is 2.90. The highest BCUT2D eigenvalue weighted by atomic mass is 32.2. The topological polar surface area (TPSA) is 75.4 Å². The molecule has 0 unspecified atom stereocenters. The Balaban J connectivity index is 3.08. The fourth-order valence-electron chi connectivity index (χ4n) is 1.72. The van der Waals surface area contributed by atoms with Crippen molar-refractivity contribution in [1.29, 1.82) is 0 Å². The van der Waals surface area contributed by atoms with Gasteiger partial charge in [0.2, 0.25) is 0 Å². The minimum atomic E-state index is -3.49. The van der Waals surface area contributed by atoms with Crippen molar-refractivity contribution in [1.82, 2.24) is 4.31 Å². The second-order valence-corrected chi connectivity index (χ2v) is 5.89. The van der Waals surface area contributed by atoms with E-state index in [0.29, 0.717) is 24.5 Å². The maximum Gasteiger partial charge on any atom is 0.301 e. The first-order valence-electron chi connectivity index (χ1n) is 5.96. The molecule has 0 fully saturated rings. The average molecular weight is 271 g/mol. The summed E-state index contributed by atoms with van der Waals surface area (Å²) in [6, 6.07) is 3.53. The van der Waals surface area contributed by atoms with Crippen LogP contribution in [-0.4, -0.2) is 25.8 Å². The van der Waals surface area contributed by atoms with Crippen LogP contribution in [0.25, 0.3) is 0 Å². The summed E-state index contributed by atoms with van der Waals surface area (Å²) >= 11 is 0. The van der Waals surface area contributed by atoms with Crippen LogP contribution >= 0.6 is 0 Å². The quantitative estimate of drug-likeness (QED) is 0.803. The number of nitrogens with two attached hydrogens (primary N) is 1. The van der Waals surface area contributed by atoms with E-state index in [1.54, 1.807) is 12.1 Å². The van der Waals surface area contributed by atoms with Crippen molar-refractivity contribution in [2.45, 2.75) is 27.7 Å². The molecule has 0 heterocycles. The molecule has 0 aliphatic carbocycles. The number of rotatable bonds is 5. The molecule has 0 saturated carbocycles. The SMILES string of the molecule is CCN(CC)S(=O)(=O)Nc1cc(C)c(N)cc1C. The smallest absolute Gasteiger partial charge is 0.301 e. The number of hydrogen-bond acceptors (Lipinski definition) is 3. The van der Waals surface area contributed by atoms with Crippen molar-refractivity contribution >= 4 is 21.6 Å². The van der Waals surface area contributed by atoms with E-state index in [9.17, 15) is 8.42 Å². The minimum Gasteiger partial charge on any atom is -0.399 e. The zero-order valence-electron chi connectivity index (χ0n) is 11.3. The molecule has 1 aromatic carbocycles. The lowest BCUT2D eigenvalue weighted by Crippen LogP contribution is -2.35. The second-order valence-electron chi connectivity index (χ2n) is 4.22. The number of nitrogens with zero attached hydrogens (tertiary/aromatic N) is 1. The van der Waals surface area contributed by atoms with E-state index in [1.165, 1.54) is 4.31 Å². The first-order chi connectivity index (χ1) is 8.31. The molecule has 102 valence electrons. The highest BCUT2D eigenvalue weighted by molar-refractivity contribution is 7.90. The second kappa shape index (κ2) is 5.58. The molecular formula is C12H21N3O2S. The molecule has 0 aromatic heterocycles. The number of anilines is 2. The van der Waals surface area contributed by atoms with Crippen molar-refractivity contribution in [2.24, 2.45) is 0 Å². The van der Waals surface area contributed by atoms with Crippen LogP contribution in [-0.2, 0) is 10.2 Å². The highest BCUT2D eigenvalue weighted by Gasteiger charge is 2.19. The summed E-state index contributed by atoms with van der Waals surface area (Å²) in [6.45, 7) is 8.19. The summed E-state index contributed by atoms with van der Waals surface area (Å²) in [7, 11) is -3.49. The van der Waals surface area contributed by atoms with Crippen LogP contribution in [0.15, 0.2) is 12.1 Å². The van der Waals surface area contributed by atoms with Gasteiger partial charge in [0.15, 0.2) is 0 Å². The Hall–Kier alpha value is -1.27. The molecular weight excluding hydrogens is 250 g/mol. The molecule has 0 atom stereocenters. The zero-order valence-corrected chi connectivity index (χ0v) is 12.1. The van der Waals surface area contributed by atoms with E-state index in [1.807, 2.05) is 27.7 Å². The Labute approximate surface area is 109 Å². The normalized spacial score (nSPS) is 11.8. The fraction of sp³-hybridized carbons (Fsp3) is 0.500. The Kier molecular flexibility index (Phi) is 4.59. The summed E-state index contributed by atoms with van der Waals surface area (Å²) < 4.78 is 28.2. The van der Waals surface area contributed by atoms with E-state index < -0.39 is 10.2 Å². The van der Waals surface area contributed by atoms with Gasteiger partial charge in [-0.25, -0.2) is 0 Å². The Bertz CT molecular complexity index is 522. The largest absolute Gasteiger partial charge is 0.399 e. The maximum atomic E-state index is 12.1. The van der Waals surface area contributed by atoms with Gasteiger partial charge in [0.1, 0.15) is 0 Å². The Morgan fingerprint density at radius 1 is 1.17 bits per heavy atom. The van der Waals surface area contributed by atoms with Crippen molar-refractivity contribution in [3.8, 4) is 0 Å². The summed E-state index contributed by atoms with van der Waals surface area (Å²) in [5.41, 5.74) is 8.69. The van der Waals surface area contributed by atoms with Gasteiger partial charge < -0.3 is 5.73 Å². The monoisotopic (exact) mass is 271 g/mol. The third kappa shape index (κ3) is 3.14. The van der Waals surface area contributed by atoms with E-state index in [-0.39, 0.29) is 0 Å². The third-order valence-corrected chi connectivity index (χ3v) is 4.57. The van der Waals surface area contributed by atoms with Gasteiger partial charge in [-0.3, -0.25) is 4.72 Å². The van der Waals surface area contributed by atoms with Crippen LogP contribution < -0.4 is 10.5 Å². The number of hydrogen-bond donors (Lipinski definition) is 2. The van der Waals surface area contributed by atoms with Crippen molar-refractivity contribution in [2.75, 3.05) is 23.5 Å². The summed E-state index contributed by atoms with van der Waals surface area (Å²) in [5.74, 6) is 0. The fourth-order valence-corrected chi connectivity index (χ4v) is 3.02. The average Bonchev–Trinajstić information content (AvgIpc) is 2.26. The van der Waals surface area contributed by atoms with Crippen molar-refractivity contribution in [3.63, 3.8) is 0 Å². The predicted octanol–water partition coefficient (Wildman–Crippen LogP) is 1.88. The van der Waals surface area contributed by atoms with Crippen molar-refractivity contribution < 1.29 is 8.42 Å². The molecule has 0 spiro atoms. The van der Waals surface area contributed by atoms with E-state index in [4.69, 9.17) is 5.73 Å². The Morgan fingerprint density at radius 2 is 1.72 bits per heavy atom.